The molecule has 170 valence electrons. The van der Waals surface area contributed by atoms with Gasteiger partial charge in [-0.2, -0.15) is 0 Å². The lowest BCUT2D eigenvalue weighted by atomic mass is 9.98. The third-order valence-corrected chi connectivity index (χ3v) is 7.30. The van der Waals surface area contributed by atoms with Crippen LogP contribution in [0.25, 0.3) is 6.08 Å². The highest BCUT2D eigenvalue weighted by Gasteiger charge is 2.27. The summed E-state index contributed by atoms with van der Waals surface area (Å²) in [4.78, 5) is 12.4. The summed E-state index contributed by atoms with van der Waals surface area (Å²) in [6, 6.07) is 14.4. The molecule has 2 saturated carbocycles. The van der Waals surface area contributed by atoms with Crippen molar-refractivity contribution in [2.45, 2.75) is 68.5 Å². The van der Waals surface area contributed by atoms with Crippen LogP contribution in [0.5, 0.6) is 5.75 Å². The Balaban J connectivity index is 1.23. The minimum atomic E-state index is -3.46. The van der Waals surface area contributed by atoms with Crippen LogP contribution >= 0.6 is 0 Å². The summed E-state index contributed by atoms with van der Waals surface area (Å²) < 4.78 is 33.1. The van der Waals surface area contributed by atoms with Crippen molar-refractivity contribution >= 4 is 22.0 Å². The topological polar surface area (TPSA) is 84.5 Å². The van der Waals surface area contributed by atoms with Gasteiger partial charge in [0.2, 0.25) is 15.9 Å². The van der Waals surface area contributed by atoms with Gasteiger partial charge < -0.3 is 10.1 Å². The molecule has 0 bridgehead atoms. The smallest absolute Gasteiger partial charge is 0.244 e. The Bertz CT molecular complexity index is 1040. The van der Waals surface area contributed by atoms with Crippen molar-refractivity contribution in [2.75, 3.05) is 0 Å². The van der Waals surface area contributed by atoms with Gasteiger partial charge in [0.15, 0.2) is 0 Å². The zero-order chi connectivity index (χ0) is 22.4. The third kappa shape index (κ3) is 6.68. The molecule has 0 atom stereocenters. The zero-order valence-electron chi connectivity index (χ0n) is 18.1. The first-order valence-electron chi connectivity index (χ1n) is 11.3. The van der Waals surface area contributed by atoms with Gasteiger partial charge in [-0.3, -0.25) is 4.79 Å². The van der Waals surface area contributed by atoms with E-state index in [1.807, 2.05) is 24.3 Å². The third-order valence-electron chi connectivity index (χ3n) is 5.76. The maximum Gasteiger partial charge on any atom is 0.244 e. The standard InChI is InChI=1S/C25H30N2O4S/c28-25(17-10-19-8-15-24(16-9-19)32(29,30)27-21-11-12-21)26-18-20-6-13-23(14-7-20)31-22-4-2-1-3-5-22/h6-10,13-17,21-22,27H,1-5,11-12,18H2,(H,26,28)/b17-10+. The minimum Gasteiger partial charge on any atom is -0.490 e. The number of carbonyl (C=O) groups excluding carboxylic acids is 1. The van der Waals surface area contributed by atoms with E-state index in [1.165, 1.54) is 25.3 Å². The van der Waals surface area contributed by atoms with Crippen molar-refractivity contribution in [2.24, 2.45) is 0 Å². The highest BCUT2D eigenvalue weighted by atomic mass is 32.2. The van der Waals surface area contributed by atoms with Gasteiger partial charge >= 0.3 is 0 Å². The molecule has 2 N–H and O–H groups in total. The van der Waals surface area contributed by atoms with E-state index in [9.17, 15) is 13.2 Å². The molecular weight excluding hydrogens is 424 g/mol. The summed E-state index contributed by atoms with van der Waals surface area (Å²) in [5, 5.41) is 2.86. The number of nitrogens with one attached hydrogen (secondary N) is 2. The quantitative estimate of drug-likeness (QED) is 0.557. The predicted octanol–water partition coefficient (Wildman–Crippen LogP) is 4.17. The van der Waals surface area contributed by atoms with Crippen molar-refractivity contribution in [3.63, 3.8) is 0 Å². The number of amides is 1. The summed E-state index contributed by atoms with van der Waals surface area (Å²) >= 11 is 0. The number of rotatable bonds is 9. The monoisotopic (exact) mass is 454 g/mol. The molecule has 0 unspecified atom stereocenters. The number of hydrogen-bond acceptors (Lipinski definition) is 4. The van der Waals surface area contributed by atoms with Gasteiger partial charge in [-0.1, -0.05) is 30.7 Å². The second-order valence-corrected chi connectivity index (χ2v) is 10.3. The Hall–Kier alpha value is -2.64. The highest BCUT2D eigenvalue weighted by Crippen LogP contribution is 2.24. The Kier molecular flexibility index (Phi) is 7.27. The number of carbonyl (C=O) groups is 1. The van der Waals surface area contributed by atoms with Gasteiger partial charge in [0, 0.05) is 18.7 Å². The van der Waals surface area contributed by atoms with Gasteiger partial charge in [0.25, 0.3) is 0 Å². The number of sulfonamides is 1. The lowest BCUT2D eigenvalue weighted by Crippen LogP contribution is -2.25. The number of benzene rings is 2. The van der Waals surface area contributed by atoms with E-state index < -0.39 is 10.0 Å². The lowest BCUT2D eigenvalue weighted by Gasteiger charge is -2.23. The summed E-state index contributed by atoms with van der Waals surface area (Å²) in [5.41, 5.74) is 1.76. The molecule has 1 amide bonds. The van der Waals surface area contributed by atoms with Crippen LogP contribution in [-0.4, -0.2) is 26.5 Å². The van der Waals surface area contributed by atoms with Crippen molar-refractivity contribution in [3.05, 3.63) is 65.7 Å². The van der Waals surface area contributed by atoms with E-state index in [4.69, 9.17) is 4.74 Å². The SMILES string of the molecule is O=C(/C=C/c1ccc(S(=O)(=O)NC2CC2)cc1)NCc1ccc(OC2CCCCC2)cc1. The largest absolute Gasteiger partial charge is 0.490 e. The van der Waals surface area contributed by atoms with Crippen molar-refractivity contribution < 1.29 is 17.9 Å². The molecule has 0 heterocycles. The molecule has 2 aromatic rings. The fourth-order valence-electron chi connectivity index (χ4n) is 3.73. The van der Waals surface area contributed by atoms with Crippen LogP contribution in [0.15, 0.2) is 59.5 Å². The summed E-state index contributed by atoms with van der Waals surface area (Å²) in [6.07, 6.45) is 11.3. The highest BCUT2D eigenvalue weighted by molar-refractivity contribution is 7.89. The molecule has 0 saturated heterocycles. The number of ether oxygens (including phenoxy) is 1. The Morgan fingerprint density at radius 3 is 2.28 bits per heavy atom. The maximum atomic E-state index is 12.2. The van der Waals surface area contributed by atoms with Gasteiger partial charge in [-0.05, 0) is 80.0 Å². The molecular formula is C25H30N2O4S. The van der Waals surface area contributed by atoms with Crippen LogP contribution in [0.2, 0.25) is 0 Å². The molecule has 0 spiro atoms. The first kappa shape index (κ1) is 22.6. The fraction of sp³-hybridized carbons (Fsp3) is 0.400. The molecule has 4 rings (SSSR count). The molecule has 2 aliphatic carbocycles. The van der Waals surface area contributed by atoms with Gasteiger partial charge in [-0.25, -0.2) is 13.1 Å². The molecule has 2 aliphatic rings. The first-order valence-corrected chi connectivity index (χ1v) is 12.8. The van der Waals surface area contributed by atoms with Gasteiger partial charge in [-0.15, -0.1) is 0 Å². The molecule has 2 fully saturated rings. The average Bonchev–Trinajstić information content (AvgIpc) is 3.61. The number of hydrogen-bond donors (Lipinski definition) is 2. The van der Waals surface area contributed by atoms with E-state index in [0.717, 1.165) is 42.6 Å². The van der Waals surface area contributed by atoms with Crippen LogP contribution in [0.4, 0.5) is 0 Å². The summed E-state index contributed by atoms with van der Waals surface area (Å²) in [7, 11) is -3.46. The Labute approximate surface area is 190 Å². The molecule has 7 heteroatoms. The summed E-state index contributed by atoms with van der Waals surface area (Å²) in [5.74, 6) is 0.671. The molecule has 0 radical (unpaired) electrons. The molecule has 2 aromatic carbocycles. The van der Waals surface area contributed by atoms with E-state index in [1.54, 1.807) is 30.3 Å². The lowest BCUT2D eigenvalue weighted by molar-refractivity contribution is -0.116. The normalized spacial score (nSPS) is 17.4. The van der Waals surface area contributed by atoms with Gasteiger partial charge in [0.1, 0.15) is 5.75 Å². The van der Waals surface area contributed by atoms with Crippen LogP contribution in [0, 0.1) is 0 Å². The van der Waals surface area contributed by atoms with Crippen LogP contribution in [0.3, 0.4) is 0 Å². The maximum absolute atomic E-state index is 12.2. The van der Waals surface area contributed by atoms with Gasteiger partial charge in [0.05, 0.1) is 11.0 Å². The fourth-order valence-corrected chi connectivity index (χ4v) is 5.03. The van der Waals surface area contributed by atoms with E-state index in [2.05, 4.69) is 10.0 Å². The van der Waals surface area contributed by atoms with Crippen LogP contribution < -0.4 is 14.8 Å². The Morgan fingerprint density at radius 1 is 0.938 bits per heavy atom. The molecule has 6 nitrogen and oxygen atoms in total. The average molecular weight is 455 g/mol. The van der Waals surface area contributed by atoms with Crippen molar-refractivity contribution in [3.8, 4) is 5.75 Å². The minimum absolute atomic E-state index is 0.0730. The zero-order valence-corrected chi connectivity index (χ0v) is 18.9. The predicted molar refractivity (Wildman–Crippen MR) is 125 cm³/mol. The van der Waals surface area contributed by atoms with E-state index in [0.29, 0.717) is 12.6 Å². The van der Waals surface area contributed by atoms with Crippen molar-refractivity contribution in [1.29, 1.82) is 0 Å². The molecule has 0 aromatic heterocycles. The molecule has 0 aliphatic heterocycles. The second-order valence-electron chi connectivity index (χ2n) is 8.54. The van der Waals surface area contributed by atoms with Crippen LogP contribution in [-0.2, 0) is 21.4 Å². The first-order chi connectivity index (χ1) is 15.5. The van der Waals surface area contributed by atoms with E-state index in [-0.39, 0.29) is 16.8 Å². The van der Waals surface area contributed by atoms with Crippen LogP contribution in [0.1, 0.15) is 56.1 Å². The second kappa shape index (κ2) is 10.3. The van der Waals surface area contributed by atoms with E-state index >= 15 is 0 Å². The summed E-state index contributed by atoms with van der Waals surface area (Å²) in [6.45, 7) is 0.427. The van der Waals surface area contributed by atoms with Crippen molar-refractivity contribution in [1.82, 2.24) is 10.0 Å². The molecule has 32 heavy (non-hydrogen) atoms. The Morgan fingerprint density at radius 2 is 1.62 bits per heavy atom.